The average Bonchev–Trinajstić information content (AvgIpc) is 2.52. The van der Waals surface area contributed by atoms with Gasteiger partial charge in [-0.1, -0.05) is 0 Å². The van der Waals surface area contributed by atoms with E-state index in [0.29, 0.717) is 0 Å². The zero-order valence-electron chi connectivity index (χ0n) is 13.0. The number of nitrogens with zero attached hydrogens (tertiary/aromatic N) is 1. The SMILES string of the molecule is CC(=O)O.N=CN.O=C(Nc1c(O)nc[nH]c1=O)c1ccc(F)cc1. The number of nitrogens with two attached hydrogens (primary N) is 1. The molecule has 1 aromatic carbocycles. The number of rotatable bonds is 2. The molecule has 1 amide bonds. The molecule has 2 rings (SSSR count). The van der Waals surface area contributed by atoms with Crippen molar-refractivity contribution in [3.05, 3.63) is 52.3 Å². The second kappa shape index (κ2) is 10.9. The normalized spacial score (nSPS) is 8.72. The van der Waals surface area contributed by atoms with Crippen LogP contribution in [0.2, 0.25) is 0 Å². The summed E-state index contributed by atoms with van der Waals surface area (Å²) < 4.78 is 12.7. The number of anilines is 1. The van der Waals surface area contributed by atoms with Gasteiger partial charge in [0.1, 0.15) is 5.82 Å². The fourth-order valence-corrected chi connectivity index (χ4v) is 1.29. The van der Waals surface area contributed by atoms with Gasteiger partial charge >= 0.3 is 0 Å². The van der Waals surface area contributed by atoms with E-state index >= 15 is 0 Å². The summed E-state index contributed by atoms with van der Waals surface area (Å²) in [4.78, 5) is 37.7. The van der Waals surface area contributed by atoms with Gasteiger partial charge in [0.25, 0.3) is 17.4 Å². The lowest BCUT2D eigenvalue weighted by Gasteiger charge is -2.04. The molecule has 0 saturated carbocycles. The molecule has 0 unspecified atom stereocenters. The van der Waals surface area contributed by atoms with Crippen LogP contribution in [-0.2, 0) is 4.79 Å². The zero-order chi connectivity index (χ0) is 19.4. The van der Waals surface area contributed by atoms with E-state index in [1.165, 1.54) is 12.1 Å². The number of aromatic nitrogens is 2. The van der Waals surface area contributed by atoms with E-state index in [2.05, 4.69) is 21.0 Å². The van der Waals surface area contributed by atoms with Gasteiger partial charge in [0.05, 0.1) is 12.7 Å². The van der Waals surface area contributed by atoms with Crippen molar-refractivity contribution >= 4 is 23.9 Å². The first-order chi connectivity index (χ1) is 11.7. The van der Waals surface area contributed by atoms with E-state index in [1.54, 1.807) is 0 Å². The Balaban J connectivity index is 0.000000708. The number of carboxylic acids is 1. The van der Waals surface area contributed by atoms with Crippen LogP contribution in [0, 0.1) is 11.2 Å². The molecule has 0 saturated heterocycles. The van der Waals surface area contributed by atoms with Crippen LogP contribution in [0.15, 0.2) is 35.4 Å². The van der Waals surface area contributed by atoms with Gasteiger partial charge in [-0.15, -0.1) is 0 Å². The largest absolute Gasteiger partial charge is 0.492 e. The summed E-state index contributed by atoms with van der Waals surface area (Å²) in [6.45, 7) is 1.08. The van der Waals surface area contributed by atoms with E-state index in [-0.39, 0.29) is 11.3 Å². The number of carboxylic acid groups (broad SMARTS) is 1. The number of halogens is 1. The first-order valence-corrected chi connectivity index (χ1v) is 6.46. The van der Waals surface area contributed by atoms with Crippen LogP contribution in [0.5, 0.6) is 5.88 Å². The van der Waals surface area contributed by atoms with Crippen molar-refractivity contribution in [2.45, 2.75) is 6.92 Å². The monoisotopic (exact) mass is 353 g/mol. The molecule has 0 fully saturated rings. The third-order valence-electron chi connectivity index (χ3n) is 2.18. The third kappa shape index (κ3) is 8.44. The van der Waals surface area contributed by atoms with Gasteiger partial charge in [-0.25, -0.2) is 9.37 Å². The van der Waals surface area contributed by atoms with Crippen molar-refractivity contribution in [2.75, 3.05) is 5.32 Å². The Morgan fingerprint density at radius 1 is 1.36 bits per heavy atom. The van der Waals surface area contributed by atoms with E-state index < -0.39 is 29.1 Å². The highest BCUT2D eigenvalue weighted by Gasteiger charge is 2.12. The summed E-state index contributed by atoms with van der Waals surface area (Å²) in [6, 6.07) is 4.74. The Bertz CT molecular complexity index is 772. The first-order valence-electron chi connectivity index (χ1n) is 6.46. The Kier molecular flexibility index (Phi) is 9.25. The van der Waals surface area contributed by atoms with Crippen molar-refractivity contribution in [3.63, 3.8) is 0 Å². The lowest BCUT2D eigenvalue weighted by atomic mass is 10.2. The minimum Gasteiger partial charge on any atom is -0.492 e. The van der Waals surface area contributed by atoms with Crippen molar-refractivity contribution < 1.29 is 24.2 Å². The second-order valence-corrected chi connectivity index (χ2v) is 4.08. The predicted octanol–water partition coefficient (Wildman–Crippen LogP) is 0.510. The lowest BCUT2D eigenvalue weighted by molar-refractivity contribution is -0.134. The molecule has 1 aromatic heterocycles. The number of carbonyl (C=O) groups is 2. The Labute approximate surface area is 140 Å². The van der Waals surface area contributed by atoms with Gasteiger partial charge in [-0.3, -0.25) is 19.8 Å². The molecule has 0 radical (unpaired) electrons. The summed E-state index contributed by atoms with van der Waals surface area (Å²) in [5.74, 6) is -2.55. The highest BCUT2D eigenvalue weighted by molar-refractivity contribution is 6.04. The second-order valence-electron chi connectivity index (χ2n) is 4.08. The first kappa shape index (κ1) is 21.2. The summed E-state index contributed by atoms with van der Waals surface area (Å²) in [5.41, 5.74) is 3.50. The molecule has 0 aliphatic carbocycles. The molecule has 25 heavy (non-hydrogen) atoms. The predicted molar refractivity (Wildman–Crippen MR) is 87.2 cm³/mol. The maximum absolute atomic E-state index is 12.7. The number of hydrogen-bond acceptors (Lipinski definition) is 6. The van der Waals surface area contributed by atoms with Gasteiger partial charge in [0.2, 0.25) is 5.88 Å². The lowest BCUT2D eigenvalue weighted by Crippen LogP contribution is -2.20. The van der Waals surface area contributed by atoms with Gasteiger partial charge in [-0.2, -0.15) is 0 Å². The summed E-state index contributed by atoms with van der Waals surface area (Å²) in [7, 11) is 0. The molecule has 0 bridgehead atoms. The highest BCUT2D eigenvalue weighted by atomic mass is 19.1. The molecule has 134 valence electrons. The molecule has 1 heterocycles. The maximum Gasteiger partial charge on any atom is 0.300 e. The number of aliphatic carboxylic acids is 1. The number of amides is 1. The van der Waals surface area contributed by atoms with Crippen LogP contribution in [0.4, 0.5) is 10.1 Å². The minimum absolute atomic E-state index is 0.152. The van der Waals surface area contributed by atoms with Gasteiger partial charge in [0.15, 0.2) is 5.69 Å². The third-order valence-corrected chi connectivity index (χ3v) is 2.18. The Hall–Kier alpha value is -3.76. The van der Waals surface area contributed by atoms with Crippen LogP contribution < -0.4 is 16.6 Å². The number of H-pyrrole nitrogens is 1. The topological polar surface area (TPSA) is 182 Å². The van der Waals surface area contributed by atoms with Gasteiger partial charge < -0.3 is 26.2 Å². The Morgan fingerprint density at radius 2 is 1.84 bits per heavy atom. The molecule has 0 atom stereocenters. The maximum atomic E-state index is 12.7. The molecule has 0 spiro atoms. The smallest absolute Gasteiger partial charge is 0.300 e. The standard InChI is InChI=1S/C11H8FN3O3.C2H4O2.CH4N2/c12-7-3-1-6(2-4-7)9(16)15-8-10(17)13-5-14-11(8)18;1-2(3)4;2-1-3/h1-5H,(H,15,16)(H2,13,14,17,18);1H3,(H,3,4);1H,(H3,2,3). The summed E-state index contributed by atoms with van der Waals surface area (Å²) >= 11 is 0. The van der Waals surface area contributed by atoms with Crippen molar-refractivity contribution in [2.24, 2.45) is 5.73 Å². The van der Waals surface area contributed by atoms with Crippen LogP contribution >= 0.6 is 0 Å². The number of benzene rings is 1. The van der Waals surface area contributed by atoms with Crippen molar-refractivity contribution in [1.82, 2.24) is 9.97 Å². The van der Waals surface area contributed by atoms with Crippen molar-refractivity contribution in [3.8, 4) is 5.88 Å². The minimum atomic E-state index is -0.833. The number of hydrogen-bond donors (Lipinski definition) is 6. The van der Waals surface area contributed by atoms with Gasteiger partial charge in [0, 0.05) is 12.5 Å². The molecule has 10 nitrogen and oxygen atoms in total. The molecular formula is C14H16FN5O5. The van der Waals surface area contributed by atoms with E-state index in [0.717, 1.165) is 31.7 Å². The van der Waals surface area contributed by atoms with Crippen LogP contribution in [-0.4, -0.2) is 38.4 Å². The van der Waals surface area contributed by atoms with E-state index in [9.17, 15) is 19.1 Å². The summed E-state index contributed by atoms with van der Waals surface area (Å²) in [5, 5.41) is 24.8. The number of carbonyl (C=O) groups excluding carboxylic acids is 1. The quantitative estimate of drug-likeness (QED) is 0.335. The molecular weight excluding hydrogens is 337 g/mol. The molecule has 11 heteroatoms. The fourth-order valence-electron chi connectivity index (χ4n) is 1.29. The number of aromatic hydroxyl groups is 1. The van der Waals surface area contributed by atoms with Crippen LogP contribution in [0.1, 0.15) is 17.3 Å². The van der Waals surface area contributed by atoms with Crippen LogP contribution in [0.25, 0.3) is 0 Å². The Morgan fingerprint density at radius 3 is 2.28 bits per heavy atom. The average molecular weight is 353 g/mol. The molecule has 7 N–H and O–H groups in total. The zero-order valence-corrected chi connectivity index (χ0v) is 13.0. The highest BCUT2D eigenvalue weighted by Crippen LogP contribution is 2.14. The van der Waals surface area contributed by atoms with Crippen molar-refractivity contribution in [1.29, 1.82) is 5.41 Å². The van der Waals surface area contributed by atoms with Crippen LogP contribution in [0.3, 0.4) is 0 Å². The number of aromatic amines is 1. The molecule has 0 aliphatic rings. The fraction of sp³-hybridized carbons (Fsp3) is 0.0714. The number of nitrogens with one attached hydrogen (secondary N) is 3. The van der Waals surface area contributed by atoms with E-state index in [1.807, 2.05) is 0 Å². The molecule has 2 aromatic rings. The summed E-state index contributed by atoms with van der Waals surface area (Å²) in [6.07, 6.45) is 1.76. The van der Waals surface area contributed by atoms with Gasteiger partial charge in [-0.05, 0) is 24.3 Å². The van der Waals surface area contributed by atoms with E-state index in [4.69, 9.17) is 15.3 Å². The molecule has 0 aliphatic heterocycles.